The van der Waals surface area contributed by atoms with E-state index >= 15 is 0 Å². The molecule has 5 nitrogen and oxygen atoms in total. The highest BCUT2D eigenvalue weighted by atomic mass is 16.5. The quantitative estimate of drug-likeness (QED) is 0.863. The Balaban J connectivity index is 1.50. The molecule has 126 valence electrons. The van der Waals surface area contributed by atoms with Gasteiger partial charge in [-0.25, -0.2) is 0 Å². The van der Waals surface area contributed by atoms with Crippen LogP contribution < -0.4 is 0 Å². The lowest BCUT2D eigenvalue weighted by atomic mass is 10.0. The molecule has 1 saturated carbocycles. The van der Waals surface area contributed by atoms with Crippen molar-refractivity contribution in [3.05, 3.63) is 47.6 Å². The third-order valence-electron chi connectivity index (χ3n) is 5.21. The zero-order chi connectivity index (χ0) is 16.5. The van der Waals surface area contributed by atoms with Crippen molar-refractivity contribution in [2.75, 3.05) is 6.54 Å². The number of likely N-dealkylation sites (tertiary alicyclic amines) is 1. The number of aromatic nitrogens is 2. The first kappa shape index (κ1) is 15.4. The molecule has 1 saturated heterocycles. The van der Waals surface area contributed by atoms with Gasteiger partial charge in [0, 0.05) is 18.9 Å². The van der Waals surface area contributed by atoms with Crippen LogP contribution in [0.25, 0.3) is 0 Å². The minimum Gasteiger partial charge on any atom is -0.337 e. The fourth-order valence-corrected chi connectivity index (χ4v) is 3.75. The summed E-state index contributed by atoms with van der Waals surface area (Å²) in [6.45, 7) is 2.80. The number of carbonyl (C=O) groups excluding carboxylic acids is 1. The minimum atomic E-state index is -0.0453. The molecule has 5 heteroatoms. The number of hydrogen-bond acceptors (Lipinski definition) is 4. The zero-order valence-corrected chi connectivity index (χ0v) is 14.0. The molecule has 24 heavy (non-hydrogen) atoms. The molecule has 0 spiro atoms. The number of aryl methyl sites for hydroxylation is 1. The highest BCUT2D eigenvalue weighted by molar-refractivity contribution is 5.83. The predicted octanol–water partition coefficient (Wildman–Crippen LogP) is 3.49. The predicted molar refractivity (Wildman–Crippen MR) is 89.3 cm³/mol. The molecule has 1 aromatic heterocycles. The largest absolute Gasteiger partial charge is 0.337 e. The topological polar surface area (TPSA) is 59.2 Å². The van der Waals surface area contributed by atoms with Crippen LogP contribution in [0.3, 0.4) is 0 Å². The summed E-state index contributed by atoms with van der Waals surface area (Å²) in [7, 11) is 0. The van der Waals surface area contributed by atoms with Crippen LogP contribution in [0, 0.1) is 5.92 Å². The van der Waals surface area contributed by atoms with Gasteiger partial charge in [-0.15, -0.1) is 0 Å². The molecular weight excluding hydrogens is 302 g/mol. The molecule has 4 rings (SSSR count). The van der Waals surface area contributed by atoms with Gasteiger partial charge in [0.1, 0.15) is 6.04 Å². The summed E-state index contributed by atoms with van der Waals surface area (Å²) in [5.41, 5.74) is 1.27. The fourth-order valence-electron chi connectivity index (χ4n) is 3.75. The first-order valence-electron chi connectivity index (χ1n) is 8.96. The summed E-state index contributed by atoms with van der Waals surface area (Å²) in [4.78, 5) is 19.5. The van der Waals surface area contributed by atoms with Gasteiger partial charge in [-0.3, -0.25) is 4.79 Å². The smallest absolute Gasteiger partial charge is 0.249 e. The Morgan fingerprint density at radius 2 is 2.12 bits per heavy atom. The summed E-state index contributed by atoms with van der Waals surface area (Å²) in [6.07, 6.45) is 4.78. The molecule has 2 fully saturated rings. The van der Waals surface area contributed by atoms with Gasteiger partial charge < -0.3 is 9.42 Å². The maximum Gasteiger partial charge on any atom is 0.249 e. The maximum atomic E-state index is 13.0. The van der Waals surface area contributed by atoms with E-state index in [9.17, 15) is 4.79 Å². The average Bonchev–Trinajstić information content (AvgIpc) is 3.31. The first-order valence-corrected chi connectivity index (χ1v) is 8.96. The lowest BCUT2D eigenvalue weighted by Gasteiger charge is -2.33. The second-order valence-corrected chi connectivity index (χ2v) is 6.80. The van der Waals surface area contributed by atoms with E-state index in [1.54, 1.807) is 0 Å². The van der Waals surface area contributed by atoms with Gasteiger partial charge in [0.15, 0.2) is 5.82 Å². The van der Waals surface area contributed by atoms with Gasteiger partial charge in [0.05, 0.1) is 0 Å². The van der Waals surface area contributed by atoms with Crippen LogP contribution in [0.1, 0.15) is 61.8 Å². The van der Waals surface area contributed by atoms with Crippen molar-refractivity contribution in [3.8, 4) is 0 Å². The number of hydrogen-bond donors (Lipinski definition) is 0. The van der Waals surface area contributed by atoms with Crippen LogP contribution in [-0.2, 0) is 11.2 Å². The van der Waals surface area contributed by atoms with E-state index in [1.807, 2.05) is 30.0 Å². The van der Waals surface area contributed by atoms with Crippen LogP contribution in [0.5, 0.6) is 0 Å². The average molecular weight is 325 g/mol. The number of rotatable bonds is 4. The van der Waals surface area contributed by atoms with Gasteiger partial charge in [-0.2, -0.15) is 4.98 Å². The highest BCUT2D eigenvalue weighted by Crippen LogP contribution is 2.49. The molecular formula is C19H23N3O2. The second-order valence-electron chi connectivity index (χ2n) is 6.80. The van der Waals surface area contributed by atoms with Crippen LogP contribution in [-0.4, -0.2) is 27.5 Å². The van der Waals surface area contributed by atoms with E-state index in [4.69, 9.17) is 4.52 Å². The molecule has 2 aromatic rings. The van der Waals surface area contributed by atoms with E-state index in [0.717, 1.165) is 44.5 Å². The fraction of sp³-hybridized carbons (Fsp3) is 0.526. The van der Waals surface area contributed by atoms with Crippen LogP contribution >= 0.6 is 0 Å². The Morgan fingerprint density at radius 1 is 1.29 bits per heavy atom. The summed E-state index contributed by atoms with van der Waals surface area (Å²) >= 11 is 0. The third kappa shape index (κ3) is 2.83. The van der Waals surface area contributed by atoms with E-state index in [0.29, 0.717) is 11.8 Å². The lowest BCUT2D eigenvalue weighted by molar-refractivity contribution is -0.137. The van der Waals surface area contributed by atoms with Gasteiger partial charge >= 0.3 is 0 Å². The van der Waals surface area contributed by atoms with E-state index in [2.05, 4.69) is 22.3 Å². The van der Waals surface area contributed by atoms with Crippen molar-refractivity contribution >= 4 is 5.91 Å². The van der Waals surface area contributed by atoms with Crippen molar-refractivity contribution in [2.24, 2.45) is 5.92 Å². The van der Waals surface area contributed by atoms with Gasteiger partial charge in [0.25, 0.3) is 0 Å². The van der Waals surface area contributed by atoms with Crippen molar-refractivity contribution in [2.45, 2.75) is 51.0 Å². The van der Waals surface area contributed by atoms with Crippen molar-refractivity contribution in [1.29, 1.82) is 0 Å². The van der Waals surface area contributed by atoms with Crippen molar-refractivity contribution in [1.82, 2.24) is 15.0 Å². The standard InChI is InChI=1S/C19H23N3O2/c1-2-17-20-18(24-21-17)16-10-6-7-11-22(16)19(23)15-12-14(15)13-8-4-3-5-9-13/h3-5,8-9,14-16H,2,6-7,10-12H2,1H3/t14-,15+,16+/m1/s1. The Kier molecular flexibility index (Phi) is 4.08. The summed E-state index contributed by atoms with van der Waals surface area (Å²) < 4.78 is 5.43. The Labute approximate surface area is 142 Å². The number of amides is 1. The molecule has 1 amide bonds. The molecule has 0 bridgehead atoms. The van der Waals surface area contributed by atoms with Gasteiger partial charge in [-0.05, 0) is 37.2 Å². The Hall–Kier alpha value is -2.17. The molecule has 1 aliphatic heterocycles. The number of nitrogens with zero attached hydrogens (tertiary/aromatic N) is 3. The number of piperidine rings is 1. The molecule has 2 aliphatic rings. The molecule has 0 N–H and O–H groups in total. The summed E-state index contributed by atoms with van der Waals surface area (Å²) in [5, 5.41) is 4.00. The van der Waals surface area contributed by atoms with Crippen LogP contribution in [0.4, 0.5) is 0 Å². The molecule has 0 unspecified atom stereocenters. The monoisotopic (exact) mass is 325 g/mol. The van der Waals surface area contributed by atoms with Gasteiger partial charge in [0.2, 0.25) is 11.8 Å². The van der Waals surface area contributed by atoms with Crippen molar-refractivity contribution < 1.29 is 9.32 Å². The van der Waals surface area contributed by atoms with E-state index in [-0.39, 0.29) is 17.9 Å². The van der Waals surface area contributed by atoms with Crippen LogP contribution in [0.2, 0.25) is 0 Å². The Morgan fingerprint density at radius 3 is 2.88 bits per heavy atom. The van der Waals surface area contributed by atoms with Gasteiger partial charge in [-0.1, -0.05) is 42.4 Å². The molecule has 1 aliphatic carbocycles. The normalized spacial score (nSPS) is 26.4. The molecule has 0 radical (unpaired) electrons. The second kappa shape index (κ2) is 6.38. The lowest BCUT2D eigenvalue weighted by Crippen LogP contribution is -2.39. The first-order chi connectivity index (χ1) is 11.8. The zero-order valence-electron chi connectivity index (χ0n) is 14.0. The SMILES string of the molecule is CCc1noc([C@@H]2CCCCN2C(=O)[C@H]2C[C@@H]2c2ccccc2)n1. The summed E-state index contributed by atoms with van der Waals surface area (Å²) in [5.74, 6) is 2.06. The molecule has 1 aromatic carbocycles. The van der Waals surface area contributed by atoms with E-state index in [1.165, 1.54) is 5.56 Å². The maximum absolute atomic E-state index is 13.0. The van der Waals surface area contributed by atoms with Crippen molar-refractivity contribution in [3.63, 3.8) is 0 Å². The minimum absolute atomic E-state index is 0.0453. The number of benzene rings is 1. The molecule has 2 heterocycles. The highest BCUT2D eigenvalue weighted by Gasteiger charge is 2.47. The van der Waals surface area contributed by atoms with E-state index < -0.39 is 0 Å². The Bertz CT molecular complexity index is 712. The summed E-state index contributed by atoms with van der Waals surface area (Å²) in [6, 6.07) is 10.3. The van der Waals surface area contributed by atoms with Crippen LogP contribution in [0.15, 0.2) is 34.9 Å². The third-order valence-corrected chi connectivity index (χ3v) is 5.21. The molecule has 3 atom stereocenters. The number of carbonyl (C=O) groups is 1.